The number of hydrogen-bond donors (Lipinski definition) is 0. The van der Waals surface area contributed by atoms with Gasteiger partial charge in [0.1, 0.15) is 0 Å². The van der Waals surface area contributed by atoms with Gasteiger partial charge in [0.15, 0.2) is 0 Å². The van der Waals surface area contributed by atoms with Crippen molar-refractivity contribution in [2.24, 2.45) is 0 Å². The maximum absolute atomic E-state index is 5.21. The van der Waals surface area contributed by atoms with E-state index in [-0.39, 0.29) is 0 Å². The maximum Gasteiger partial charge on any atom is 0.0972 e. The van der Waals surface area contributed by atoms with Gasteiger partial charge in [0.05, 0.1) is 44.8 Å². The first kappa shape index (κ1) is 28.0. The molecule has 4 heteroatoms. The zero-order valence-corrected chi connectivity index (χ0v) is 26.6. The summed E-state index contributed by atoms with van der Waals surface area (Å²) in [4.78, 5) is 20.7. The zero-order valence-electron chi connectivity index (χ0n) is 26.6. The molecule has 0 aliphatic heterocycles. The molecule has 0 unspecified atom stereocenters. The summed E-state index contributed by atoms with van der Waals surface area (Å²) < 4.78 is 0. The monoisotopic (exact) mass is 614 g/mol. The predicted molar refractivity (Wildman–Crippen MR) is 199 cm³/mol. The van der Waals surface area contributed by atoms with Gasteiger partial charge in [-0.1, -0.05) is 115 Å². The van der Waals surface area contributed by atoms with E-state index in [1.54, 1.807) is 0 Å². The lowest BCUT2D eigenvalue weighted by atomic mass is 10.0. The highest BCUT2D eigenvalue weighted by Crippen LogP contribution is 2.33. The van der Waals surface area contributed by atoms with E-state index >= 15 is 0 Å². The molecular formula is C44H30N4. The summed E-state index contributed by atoms with van der Waals surface area (Å²) in [5.74, 6) is 0. The highest BCUT2D eigenvalue weighted by molar-refractivity contribution is 6.05. The number of hydrogen-bond acceptors (Lipinski definition) is 4. The van der Waals surface area contributed by atoms with Crippen molar-refractivity contribution in [1.29, 1.82) is 0 Å². The minimum Gasteiger partial charge on any atom is -0.245 e. The van der Waals surface area contributed by atoms with Crippen molar-refractivity contribution in [2.45, 2.75) is 13.8 Å². The van der Waals surface area contributed by atoms with Gasteiger partial charge in [0.25, 0.3) is 0 Å². The van der Waals surface area contributed by atoms with E-state index in [4.69, 9.17) is 19.9 Å². The van der Waals surface area contributed by atoms with Crippen LogP contribution < -0.4 is 0 Å². The van der Waals surface area contributed by atoms with Gasteiger partial charge >= 0.3 is 0 Å². The maximum atomic E-state index is 5.21. The first-order chi connectivity index (χ1) is 23.6. The van der Waals surface area contributed by atoms with Crippen molar-refractivity contribution in [3.8, 4) is 45.0 Å². The number of benzene rings is 5. The van der Waals surface area contributed by atoms with Crippen molar-refractivity contribution in [1.82, 2.24) is 19.9 Å². The van der Waals surface area contributed by atoms with Gasteiger partial charge in [-0.2, -0.15) is 0 Å². The van der Waals surface area contributed by atoms with E-state index in [2.05, 4.69) is 159 Å². The topological polar surface area (TPSA) is 51.6 Å². The molecule has 0 aliphatic rings. The van der Waals surface area contributed by atoms with Crippen LogP contribution in [-0.2, 0) is 0 Å². The van der Waals surface area contributed by atoms with Gasteiger partial charge < -0.3 is 0 Å². The summed E-state index contributed by atoms with van der Waals surface area (Å²) in [6.07, 6.45) is 0. The van der Waals surface area contributed by atoms with Crippen LogP contribution in [0.3, 0.4) is 0 Å². The van der Waals surface area contributed by atoms with E-state index < -0.39 is 0 Å². The van der Waals surface area contributed by atoms with Crippen LogP contribution >= 0.6 is 0 Å². The lowest BCUT2D eigenvalue weighted by Gasteiger charge is -2.11. The number of fused-ring (bicyclic) bond motifs is 6. The van der Waals surface area contributed by atoms with Gasteiger partial charge in [-0.15, -0.1) is 0 Å². The molecule has 4 heterocycles. The Morgan fingerprint density at radius 1 is 0.312 bits per heavy atom. The van der Waals surface area contributed by atoms with Crippen LogP contribution in [0.4, 0.5) is 0 Å². The van der Waals surface area contributed by atoms with E-state index in [0.717, 1.165) is 88.6 Å². The summed E-state index contributed by atoms with van der Waals surface area (Å²) in [5, 5.41) is 4.28. The Hall–Kier alpha value is -6.26. The van der Waals surface area contributed by atoms with Crippen LogP contribution in [0.25, 0.3) is 88.6 Å². The molecule has 5 aromatic carbocycles. The molecule has 226 valence electrons. The quantitative estimate of drug-likeness (QED) is 0.185. The Balaban J connectivity index is 1.15. The van der Waals surface area contributed by atoms with Crippen LogP contribution in [0.15, 0.2) is 146 Å². The molecule has 48 heavy (non-hydrogen) atoms. The average molecular weight is 615 g/mol. The molecule has 4 aromatic heterocycles. The van der Waals surface area contributed by atoms with Gasteiger partial charge in [0, 0.05) is 43.8 Å². The molecular weight excluding hydrogens is 585 g/mol. The van der Waals surface area contributed by atoms with E-state index in [1.165, 1.54) is 11.1 Å². The fraction of sp³-hybridized carbons (Fsp3) is 0.0455. The molecule has 0 bridgehead atoms. The third-order valence-corrected chi connectivity index (χ3v) is 9.34. The Kier molecular flexibility index (Phi) is 6.54. The lowest BCUT2D eigenvalue weighted by Crippen LogP contribution is -1.93. The Morgan fingerprint density at radius 2 is 0.646 bits per heavy atom. The van der Waals surface area contributed by atoms with Crippen LogP contribution in [0, 0.1) is 13.8 Å². The van der Waals surface area contributed by atoms with Crippen LogP contribution in [0.1, 0.15) is 11.1 Å². The second kappa shape index (κ2) is 11.2. The first-order valence-electron chi connectivity index (χ1n) is 16.2. The van der Waals surface area contributed by atoms with Crippen molar-refractivity contribution >= 4 is 43.6 Å². The number of nitrogens with zero attached hydrogens (tertiary/aromatic N) is 4. The summed E-state index contributed by atoms with van der Waals surface area (Å²) >= 11 is 0. The fourth-order valence-corrected chi connectivity index (χ4v) is 6.72. The number of rotatable bonds is 4. The second-order valence-electron chi connectivity index (χ2n) is 12.4. The SMILES string of the molecule is Cc1ccccc1-c1ccc2ccc3ccc(-c4cccc(-c5ccc6ccc7ccc(-c8ccccc8C)nc7c6n5)c4)nc3c2n1. The zero-order chi connectivity index (χ0) is 32.2. The van der Waals surface area contributed by atoms with Gasteiger partial charge in [-0.05, 0) is 55.3 Å². The molecule has 0 radical (unpaired) electrons. The molecule has 0 aliphatic carbocycles. The number of pyridine rings is 4. The van der Waals surface area contributed by atoms with Gasteiger partial charge in [-0.3, -0.25) is 0 Å². The molecule has 0 saturated heterocycles. The Labute approximate surface area is 278 Å². The first-order valence-corrected chi connectivity index (χ1v) is 16.2. The average Bonchev–Trinajstić information content (AvgIpc) is 3.14. The Bertz CT molecular complexity index is 2530. The molecule has 0 saturated carbocycles. The number of aromatic nitrogens is 4. The van der Waals surface area contributed by atoms with Crippen molar-refractivity contribution in [3.63, 3.8) is 0 Å². The highest BCUT2D eigenvalue weighted by atomic mass is 14.8. The molecule has 9 rings (SSSR count). The largest absolute Gasteiger partial charge is 0.245 e. The number of aryl methyl sites for hydroxylation is 2. The summed E-state index contributed by atoms with van der Waals surface area (Å²) in [7, 11) is 0. The molecule has 9 aromatic rings. The van der Waals surface area contributed by atoms with Gasteiger partial charge in [0.2, 0.25) is 0 Å². The predicted octanol–water partition coefficient (Wildman–Crippen LogP) is 11.2. The highest BCUT2D eigenvalue weighted by Gasteiger charge is 2.13. The van der Waals surface area contributed by atoms with Crippen LogP contribution in [-0.4, -0.2) is 19.9 Å². The van der Waals surface area contributed by atoms with Crippen molar-refractivity contribution in [2.75, 3.05) is 0 Å². The van der Waals surface area contributed by atoms with Crippen molar-refractivity contribution < 1.29 is 0 Å². The standard InChI is InChI=1S/C44H30N4/c1-27-8-3-5-12-35(27)39-24-20-31-16-14-29-18-22-37(45-41(29)43(31)47-39)33-10-7-11-34(26-33)38-23-19-30-15-17-32-21-25-40(48-44(32)42(30)46-38)36-13-6-4-9-28(36)2/h3-26H,1-2H3. The molecule has 0 amide bonds. The third kappa shape index (κ3) is 4.78. The minimum atomic E-state index is 0.899. The van der Waals surface area contributed by atoms with Crippen molar-refractivity contribution in [3.05, 3.63) is 157 Å². The minimum absolute atomic E-state index is 0.899. The smallest absolute Gasteiger partial charge is 0.0972 e. The second-order valence-corrected chi connectivity index (χ2v) is 12.4. The summed E-state index contributed by atoms with van der Waals surface area (Å²) in [6, 6.07) is 50.7. The third-order valence-electron chi connectivity index (χ3n) is 9.34. The molecule has 0 N–H and O–H groups in total. The van der Waals surface area contributed by atoms with E-state index in [0.29, 0.717) is 0 Å². The normalized spacial score (nSPS) is 11.5. The fourth-order valence-electron chi connectivity index (χ4n) is 6.72. The van der Waals surface area contributed by atoms with Crippen LogP contribution in [0.5, 0.6) is 0 Å². The van der Waals surface area contributed by atoms with E-state index in [1.807, 2.05) is 0 Å². The summed E-state index contributed by atoms with van der Waals surface area (Å²) in [6.45, 7) is 4.25. The molecule has 0 spiro atoms. The van der Waals surface area contributed by atoms with E-state index in [9.17, 15) is 0 Å². The lowest BCUT2D eigenvalue weighted by molar-refractivity contribution is 1.34. The summed E-state index contributed by atoms with van der Waals surface area (Å²) in [5.41, 5.74) is 14.1. The van der Waals surface area contributed by atoms with Gasteiger partial charge in [-0.25, -0.2) is 19.9 Å². The molecule has 4 nitrogen and oxygen atoms in total. The molecule has 0 fully saturated rings. The molecule has 0 atom stereocenters. The van der Waals surface area contributed by atoms with Crippen LogP contribution in [0.2, 0.25) is 0 Å². The Morgan fingerprint density at radius 3 is 1.04 bits per heavy atom.